The van der Waals surface area contributed by atoms with E-state index in [0.717, 1.165) is 11.4 Å². The van der Waals surface area contributed by atoms with Crippen molar-refractivity contribution in [3.8, 4) is 11.4 Å². The van der Waals surface area contributed by atoms with Gasteiger partial charge in [-0.1, -0.05) is 12.1 Å². The highest BCUT2D eigenvalue weighted by Crippen LogP contribution is 2.25. The second kappa shape index (κ2) is 4.17. The van der Waals surface area contributed by atoms with Crippen LogP contribution in [0.25, 0.3) is 11.4 Å². The van der Waals surface area contributed by atoms with Crippen LogP contribution in [-0.2, 0) is 12.8 Å². The van der Waals surface area contributed by atoms with Crippen molar-refractivity contribution >= 4 is 5.82 Å². The zero-order valence-corrected chi connectivity index (χ0v) is 9.69. The molecule has 3 nitrogen and oxygen atoms in total. The fourth-order valence-electron chi connectivity index (χ4n) is 2.38. The number of rotatable bonds is 1. The number of aromatic nitrogens is 2. The first-order chi connectivity index (χ1) is 8.33. The van der Waals surface area contributed by atoms with E-state index < -0.39 is 0 Å². The molecule has 0 bridgehead atoms. The van der Waals surface area contributed by atoms with E-state index >= 15 is 0 Å². The van der Waals surface area contributed by atoms with Crippen molar-refractivity contribution < 1.29 is 0 Å². The SMILES string of the molecule is Nc1ccnc(-c2ccc3c(c2)CCCC3)n1. The van der Waals surface area contributed by atoms with Crippen LogP contribution in [-0.4, -0.2) is 9.97 Å². The van der Waals surface area contributed by atoms with Crippen LogP contribution in [0.4, 0.5) is 5.82 Å². The Morgan fingerprint density at radius 2 is 1.82 bits per heavy atom. The Balaban J connectivity index is 2.04. The minimum atomic E-state index is 0.521. The molecule has 0 fully saturated rings. The Hall–Kier alpha value is -1.90. The molecule has 17 heavy (non-hydrogen) atoms. The zero-order valence-electron chi connectivity index (χ0n) is 9.69. The molecule has 0 spiro atoms. The van der Waals surface area contributed by atoms with E-state index in [1.165, 1.54) is 36.8 Å². The largest absolute Gasteiger partial charge is 0.384 e. The quantitative estimate of drug-likeness (QED) is 0.811. The molecule has 1 aliphatic rings. The summed E-state index contributed by atoms with van der Waals surface area (Å²) in [5.74, 6) is 1.24. The first-order valence-electron chi connectivity index (χ1n) is 6.03. The maximum Gasteiger partial charge on any atom is 0.161 e. The Bertz CT molecular complexity index is 549. The predicted molar refractivity (Wildman–Crippen MR) is 68.5 cm³/mol. The third-order valence-electron chi connectivity index (χ3n) is 3.28. The molecule has 0 saturated heterocycles. The second-order valence-electron chi connectivity index (χ2n) is 4.50. The van der Waals surface area contributed by atoms with Crippen LogP contribution < -0.4 is 5.73 Å². The van der Waals surface area contributed by atoms with Gasteiger partial charge in [-0.25, -0.2) is 9.97 Å². The lowest BCUT2D eigenvalue weighted by atomic mass is 9.90. The smallest absolute Gasteiger partial charge is 0.161 e. The van der Waals surface area contributed by atoms with Gasteiger partial charge in [0.2, 0.25) is 0 Å². The molecule has 86 valence electrons. The number of nitrogens with two attached hydrogens (primary N) is 1. The lowest BCUT2D eigenvalue weighted by Crippen LogP contribution is -2.03. The van der Waals surface area contributed by atoms with Crippen molar-refractivity contribution in [1.82, 2.24) is 9.97 Å². The van der Waals surface area contributed by atoms with E-state index in [4.69, 9.17) is 5.73 Å². The fraction of sp³-hybridized carbons (Fsp3) is 0.286. The summed E-state index contributed by atoms with van der Waals surface area (Å²) in [5, 5.41) is 0. The summed E-state index contributed by atoms with van der Waals surface area (Å²) in [6.45, 7) is 0. The molecule has 0 aliphatic heterocycles. The summed E-state index contributed by atoms with van der Waals surface area (Å²) in [6, 6.07) is 8.22. The van der Waals surface area contributed by atoms with Crippen LogP contribution in [0.2, 0.25) is 0 Å². The van der Waals surface area contributed by atoms with Gasteiger partial charge >= 0.3 is 0 Å². The molecule has 0 radical (unpaired) electrons. The van der Waals surface area contributed by atoms with Crippen molar-refractivity contribution in [3.63, 3.8) is 0 Å². The lowest BCUT2D eigenvalue weighted by molar-refractivity contribution is 0.686. The molecule has 1 aromatic heterocycles. The number of nitrogen functional groups attached to an aromatic ring is 1. The van der Waals surface area contributed by atoms with E-state index in [-0.39, 0.29) is 0 Å². The average molecular weight is 225 g/mol. The molecule has 0 unspecified atom stereocenters. The molecular formula is C14H15N3. The first kappa shape index (κ1) is 10.3. The summed E-state index contributed by atoms with van der Waals surface area (Å²) in [7, 11) is 0. The molecule has 0 atom stereocenters. The molecule has 3 heteroatoms. The van der Waals surface area contributed by atoms with Crippen molar-refractivity contribution in [2.24, 2.45) is 0 Å². The lowest BCUT2D eigenvalue weighted by Gasteiger charge is -2.16. The van der Waals surface area contributed by atoms with Crippen LogP contribution >= 0.6 is 0 Å². The first-order valence-corrected chi connectivity index (χ1v) is 6.03. The van der Waals surface area contributed by atoms with Gasteiger partial charge in [0, 0.05) is 11.8 Å². The number of fused-ring (bicyclic) bond motifs is 1. The van der Waals surface area contributed by atoms with Gasteiger partial charge in [0.1, 0.15) is 5.82 Å². The van der Waals surface area contributed by atoms with E-state index in [2.05, 4.69) is 28.2 Å². The van der Waals surface area contributed by atoms with Crippen molar-refractivity contribution in [2.45, 2.75) is 25.7 Å². The van der Waals surface area contributed by atoms with E-state index in [9.17, 15) is 0 Å². The van der Waals surface area contributed by atoms with Gasteiger partial charge < -0.3 is 5.73 Å². The number of anilines is 1. The summed E-state index contributed by atoms with van der Waals surface area (Å²) in [6.07, 6.45) is 6.67. The van der Waals surface area contributed by atoms with Crippen LogP contribution in [0.15, 0.2) is 30.5 Å². The van der Waals surface area contributed by atoms with E-state index in [1.54, 1.807) is 12.3 Å². The molecular weight excluding hydrogens is 210 g/mol. The standard InChI is InChI=1S/C14H15N3/c15-13-7-8-16-14(17-13)12-6-5-10-3-1-2-4-11(10)9-12/h5-9H,1-4H2,(H2,15,16,17). The summed E-state index contributed by atoms with van der Waals surface area (Å²) in [4.78, 5) is 8.53. The van der Waals surface area contributed by atoms with E-state index in [1.807, 2.05) is 0 Å². The van der Waals surface area contributed by atoms with Crippen LogP contribution in [0.3, 0.4) is 0 Å². The van der Waals surface area contributed by atoms with Crippen LogP contribution in [0.1, 0.15) is 24.0 Å². The molecule has 2 aromatic rings. The highest BCUT2D eigenvalue weighted by atomic mass is 14.9. The third kappa shape index (κ3) is 2.00. The third-order valence-corrected chi connectivity index (χ3v) is 3.28. The van der Waals surface area contributed by atoms with Gasteiger partial charge in [-0.2, -0.15) is 0 Å². The molecule has 1 aliphatic carbocycles. The maximum absolute atomic E-state index is 5.68. The van der Waals surface area contributed by atoms with Gasteiger partial charge in [0.15, 0.2) is 5.82 Å². The molecule has 2 N–H and O–H groups in total. The number of nitrogens with zero attached hydrogens (tertiary/aromatic N) is 2. The normalized spacial score (nSPS) is 14.4. The average Bonchev–Trinajstić information content (AvgIpc) is 2.38. The molecule has 1 heterocycles. The van der Waals surface area contributed by atoms with Crippen molar-refractivity contribution in [3.05, 3.63) is 41.6 Å². The highest BCUT2D eigenvalue weighted by Gasteiger charge is 2.11. The Morgan fingerprint density at radius 3 is 2.65 bits per heavy atom. The summed E-state index contributed by atoms with van der Waals surface area (Å²) >= 11 is 0. The Kier molecular flexibility index (Phi) is 2.52. The fourth-order valence-corrected chi connectivity index (χ4v) is 2.38. The van der Waals surface area contributed by atoms with Gasteiger partial charge in [0.05, 0.1) is 0 Å². The van der Waals surface area contributed by atoms with Crippen molar-refractivity contribution in [1.29, 1.82) is 0 Å². The number of hydrogen-bond acceptors (Lipinski definition) is 3. The highest BCUT2D eigenvalue weighted by molar-refractivity contribution is 5.59. The monoisotopic (exact) mass is 225 g/mol. The van der Waals surface area contributed by atoms with Gasteiger partial charge in [0.25, 0.3) is 0 Å². The van der Waals surface area contributed by atoms with Gasteiger partial charge in [-0.05, 0) is 48.9 Å². The van der Waals surface area contributed by atoms with Crippen LogP contribution in [0.5, 0.6) is 0 Å². The minimum absolute atomic E-state index is 0.521. The Labute approximate surface area is 101 Å². The zero-order chi connectivity index (χ0) is 11.7. The van der Waals surface area contributed by atoms with Crippen LogP contribution in [0, 0.1) is 0 Å². The predicted octanol–water partition coefficient (Wildman–Crippen LogP) is 2.60. The number of hydrogen-bond donors (Lipinski definition) is 1. The minimum Gasteiger partial charge on any atom is -0.384 e. The number of aryl methyl sites for hydroxylation is 2. The van der Waals surface area contributed by atoms with Gasteiger partial charge in [-0.15, -0.1) is 0 Å². The Morgan fingerprint density at radius 1 is 1.00 bits per heavy atom. The molecule has 0 amide bonds. The van der Waals surface area contributed by atoms with Crippen molar-refractivity contribution in [2.75, 3.05) is 5.73 Å². The second-order valence-corrected chi connectivity index (χ2v) is 4.50. The summed E-state index contributed by atoms with van der Waals surface area (Å²) in [5.41, 5.74) is 9.67. The van der Waals surface area contributed by atoms with Gasteiger partial charge in [-0.3, -0.25) is 0 Å². The summed E-state index contributed by atoms with van der Waals surface area (Å²) < 4.78 is 0. The topological polar surface area (TPSA) is 51.8 Å². The maximum atomic E-state index is 5.68. The molecule has 3 rings (SSSR count). The molecule has 1 aromatic carbocycles. The molecule has 0 saturated carbocycles. The van der Waals surface area contributed by atoms with E-state index in [0.29, 0.717) is 5.82 Å². The number of benzene rings is 1.